The highest BCUT2D eigenvalue weighted by atomic mass is 32.2. The van der Waals surface area contributed by atoms with Crippen LogP contribution in [0.25, 0.3) is 11.3 Å². The van der Waals surface area contributed by atoms with Crippen molar-refractivity contribution in [2.45, 2.75) is 38.9 Å². The largest absolute Gasteiger partial charge is 0.382 e. The third kappa shape index (κ3) is 4.36. The Balaban J connectivity index is 0.000000774. The minimum atomic E-state index is 0.488. The lowest BCUT2D eigenvalue weighted by Gasteiger charge is -2.07. The number of nitrogens with two attached hydrogens (primary N) is 1. The van der Waals surface area contributed by atoms with Crippen LogP contribution in [0, 0.1) is 6.92 Å². The van der Waals surface area contributed by atoms with Crippen molar-refractivity contribution in [3.8, 4) is 11.3 Å². The van der Waals surface area contributed by atoms with Crippen molar-refractivity contribution < 1.29 is 0 Å². The van der Waals surface area contributed by atoms with Crippen LogP contribution >= 0.6 is 11.9 Å². The van der Waals surface area contributed by atoms with E-state index in [-0.39, 0.29) is 0 Å². The molecule has 0 aliphatic heterocycles. The molecular formula is C16H22N4S. The summed E-state index contributed by atoms with van der Waals surface area (Å²) in [7, 11) is 0. The molecule has 0 atom stereocenters. The molecule has 1 fully saturated rings. The van der Waals surface area contributed by atoms with Crippen molar-refractivity contribution >= 4 is 23.5 Å². The van der Waals surface area contributed by atoms with Gasteiger partial charge in [0.15, 0.2) is 0 Å². The maximum Gasteiger partial charge on any atom is 0.144 e. The number of anilines is 2. The molecule has 0 spiro atoms. The molecule has 3 rings (SSSR count). The lowest BCUT2D eigenvalue weighted by molar-refractivity contribution is 1.13. The van der Waals surface area contributed by atoms with Gasteiger partial charge in [-0.05, 0) is 43.8 Å². The summed E-state index contributed by atoms with van der Waals surface area (Å²) in [5.74, 6) is 0.488. The topological polar surface area (TPSA) is 63.8 Å². The molecule has 0 amide bonds. The molecule has 0 bridgehead atoms. The van der Waals surface area contributed by atoms with Crippen molar-refractivity contribution in [1.82, 2.24) is 9.97 Å². The van der Waals surface area contributed by atoms with E-state index in [2.05, 4.69) is 26.8 Å². The number of aryl methyl sites for hydroxylation is 1. The summed E-state index contributed by atoms with van der Waals surface area (Å²) in [6.45, 7) is 5.87. The van der Waals surface area contributed by atoms with Crippen LogP contribution in [0.5, 0.6) is 0 Å². The second-order valence-corrected chi connectivity index (χ2v) is 5.83. The minimum absolute atomic E-state index is 0.488. The van der Waals surface area contributed by atoms with Gasteiger partial charge in [0.1, 0.15) is 5.82 Å². The fourth-order valence-corrected chi connectivity index (χ4v) is 2.51. The lowest BCUT2D eigenvalue weighted by Crippen LogP contribution is -1.98. The maximum atomic E-state index is 5.70. The Bertz CT molecular complexity index is 597. The Labute approximate surface area is 130 Å². The van der Waals surface area contributed by atoms with E-state index in [1.807, 2.05) is 32.9 Å². The van der Waals surface area contributed by atoms with Gasteiger partial charge in [-0.2, -0.15) is 0 Å². The fraction of sp³-hybridized carbons (Fsp3) is 0.375. The van der Waals surface area contributed by atoms with Crippen LogP contribution in [0.4, 0.5) is 11.5 Å². The van der Waals surface area contributed by atoms with E-state index < -0.39 is 0 Å². The number of nitrogen functional groups attached to an aromatic ring is 1. The smallest absolute Gasteiger partial charge is 0.144 e. The molecule has 0 unspecified atom stereocenters. The van der Waals surface area contributed by atoms with Gasteiger partial charge >= 0.3 is 0 Å². The molecule has 1 aromatic heterocycles. The van der Waals surface area contributed by atoms with E-state index >= 15 is 0 Å². The highest BCUT2D eigenvalue weighted by Crippen LogP contribution is 2.34. The molecule has 1 saturated carbocycles. The van der Waals surface area contributed by atoms with E-state index in [9.17, 15) is 0 Å². The average Bonchev–Trinajstić information content (AvgIpc) is 3.35. The number of rotatable bonds is 4. The first-order valence-electron chi connectivity index (χ1n) is 7.33. The molecule has 1 aliphatic rings. The summed E-state index contributed by atoms with van der Waals surface area (Å²) < 4.78 is 3.39. The van der Waals surface area contributed by atoms with Crippen molar-refractivity contribution in [2.24, 2.45) is 0 Å². The first kappa shape index (κ1) is 15.6. The molecule has 0 saturated heterocycles. The SMILES string of the molecule is CC.Cc1nc(-c2cccc(NSC3CC3)c2)cnc1N. The zero-order valence-corrected chi connectivity index (χ0v) is 13.6. The first-order valence-corrected chi connectivity index (χ1v) is 8.21. The van der Waals surface area contributed by atoms with Gasteiger partial charge in [-0.1, -0.05) is 26.0 Å². The van der Waals surface area contributed by atoms with Crippen LogP contribution in [0.3, 0.4) is 0 Å². The summed E-state index contributed by atoms with van der Waals surface area (Å²) in [5.41, 5.74) is 9.47. The van der Waals surface area contributed by atoms with Crippen molar-refractivity contribution in [1.29, 1.82) is 0 Å². The van der Waals surface area contributed by atoms with E-state index in [4.69, 9.17) is 5.73 Å². The third-order valence-corrected chi connectivity index (χ3v) is 4.17. The molecule has 21 heavy (non-hydrogen) atoms. The minimum Gasteiger partial charge on any atom is -0.382 e. The van der Waals surface area contributed by atoms with Gasteiger partial charge in [0.25, 0.3) is 0 Å². The molecule has 3 N–H and O–H groups in total. The lowest BCUT2D eigenvalue weighted by atomic mass is 10.1. The molecule has 0 radical (unpaired) electrons. The quantitative estimate of drug-likeness (QED) is 0.825. The zero-order chi connectivity index (χ0) is 15.2. The van der Waals surface area contributed by atoms with Crippen LogP contribution < -0.4 is 10.5 Å². The van der Waals surface area contributed by atoms with Gasteiger partial charge in [-0.15, -0.1) is 0 Å². The molecule has 5 heteroatoms. The number of hydrogen-bond donors (Lipinski definition) is 2. The molecule has 4 nitrogen and oxygen atoms in total. The van der Waals surface area contributed by atoms with Crippen molar-refractivity contribution in [3.63, 3.8) is 0 Å². The van der Waals surface area contributed by atoms with E-state index in [1.54, 1.807) is 18.1 Å². The van der Waals surface area contributed by atoms with Crippen LogP contribution in [0.15, 0.2) is 30.5 Å². The van der Waals surface area contributed by atoms with E-state index in [0.29, 0.717) is 5.82 Å². The van der Waals surface area contributed by atoms with Gasteiger partial charge < -0.3 is 10.5 Å². The second-order valence-electron chi connectivity index (χ2n) is 4.73. The normalized spacial score (nSPS) is 13.3. The Morgan fingerprint density at radius 2 is 2.05 bits per heavy atom. The summed E-state index contributed by atoms with van der Waals surface area (Å²) >= 11 is 1.80. The van der Waals surface area contributed by atoms with Crippen LogP contribution in [-0.4, -0.2) is 15.2 Å². The Morgan fingerprint density at radius 3 is 2.71 bits per heavy atom. The number of hydrogen-bond acceptors (Lipinski definition) is 5. The van der Waals surface area contributed by atoms with Crippen molar-refractivity contribution in [3.05, 3.63) is 36.2 Å². The van der Waals surface area contributed by atoms with Crippen molar-refractivity contribution in [2.75, 3.05) is 10.5 Å². The Morgan fingerprint density at radius 1 is 1.29 bits per heavy atom. The zero-order valence-electron chi connectivity index (χ0n) is 12.8. The molecule has 112 valence electrons. The van der Waals surface area contributed by atoms with Gasteiger partial charge in [0.2, 0.25) is 0 Å². The monoisotopic (exact) mass is 302 g/mol. The van der Waals surface area contributed by atoms with Gasteiger partial charge in [-0.3, -0.25) is 0 Å². The predicted molar refractivity (Wildman–Crippen MR) is 92.2 cm³/mol. The maximum absolute atomic E-state index is 5.70. The van der Waals surface area contributed by atoms with E-state index in [1.165, 1.54) is 12.8 Å². The number of nitrogens with one attached hydrogen (secondary N) is 1. The number of nitrogens with zero attached hydrogens (tertiary/aromatic N) is 2. The standard InChI is InChI=1S/C14H16N4S.C2H6/c1-9-14(15)16-8-13(17-9)10-3-2-4-11(7-10)18-19-12-5-6-12;1-2/h2-4,7-8,12,18H,5-6H2,1H3,(H2,15,16);1-2H3. The number of benzene rings is 1. The molecule has 2 aromatic rings. The molecule has 1 aromatic carbocycles. The van der Waals surface area contributed by atoms with Gasteiger partial charge in [-0.25, -0.2) is 9.97 Å². The summed E-state index contributed by atoms with van der Waals surface area (Å²) in [5, 5.41) is 0.780. The molecule has 1 aliphatic carbocycles. The van der Waals surface area contributed by atoms with E-state index in [0.717, 1.165) is 27.9 Å². The highest BCUT2D eigenvalue weighted by molar-refractivity contribution is 8.01. The number of aromatic nitrogens is 2. The van der Waals surface area contributed by atoms with Crippen LogP contribution in [-0.2, 0) is 0 Å². The molecule has 1 heterocycles. The highest BCUT2D eigenvalue weighted by Gasteiger charge is 2.21. The molecular weight excluding hydrogens is 280 g/mol. The van der Waals surface area contributed by atoms with Gasteiger partial charge in [0.05, 0.1) is 17.6 Å². The van der Waals surface area contributed by atoms with Crippen LogP contribution in [0.1, 0.15) is 32.4 Å². The summed E-state index contributed by atoms with van der Waals surface area (Å²) in [4.78, 5) is 8.63. The van der Waals surface area contributed by atoms with Gasteiger partial charge in [0, 0.05) is 16.5 Å². The van der Waals surface area contributed by atoms with Crippen LogP contribution in [0.2, 0.25) is 0 Å². The Hall–Kier alpha value is -1.75. The third-order valence-electron chi connectivity index (χ3n) is 3.01. The average molecular weight is 302 g/mol. The second kappa shape index (κ2) is 7.31. The fourth-order valence-electron chi connectivity index (χ4n) is 1.71. The predicted octanol–water partition coefficient (Wildman–Crippen LogP) is 4.28. The Kier molecular flexibility index (Phi) is 5.44. The summed E-state index contributed by atoms with van der Waals surface area (Å²) in [6.07, 6.45) is 4.36. The summed E-state index contributed by atoms with van der Waals surface area (Å²) in [6, 6.07) is 8.22. The first-order chi connectivity index (χ1) is 10.2.